The summed E-state index contributed by atoms with van der Waals surface area (Å²) in [6.45, 7) is 5.10. The molecule has 0 atom stereocenters. The van der Waals surface area contributed by atoms with Crippen LogP contribution in [0.25, 0.3) is 21.5 Å². The molecule has 0 fully saturated rings. The van der Waals surface area contributed by atoms with Crippen molar-refractivity contribution in [1.82, 2.24) is 14.8 Å². The van der Waals surface area contributed by atoms with Gasteiger partial charge in [0.25, 0.3) is 0 Å². The van der Waals surface area contributed by atoms with Crippen LogP contribution in [0.1, 0.15) is 18.3 Å². The highest BCUT2D eigenvalue weighted by Gasteiger charge is 2.15. The first kappa shape index (κ1) is 22.9. The normalized spacial score (nSPS) is 11.1. The molecule has 1 heterocycles. The lowest BCUT2D eigenvalue weighted by atomic mass is 10.0. The molecule has 0 bridgehead atoms. The fraction of sp³-hybridized carbons (Fsp3) is 0.179. The van der Waals surface area contributed by atoms with Crippen LogP contribution in [0.4, 0.5) is 5.69 Å². The average molecular weight is 483 g/mol. The van der Waals surface area contributed by atoms with Crippen molar-refractivity contribution in [3.8, 4) is 5.75 Å². The van der Waals surface area contributed by atoms with E-state index in [1.54, 1.807) is 0 Å². The number of carbonyl (C=O) groups excluding carboxylic acids is 1. The number of amides is 1. The van der Waals surface area contributed by atoms with Gasteiger partial charge in [-0.2, -0.15) is 0 Å². The van der Waals surface area contributed by atoms with E-state index in [-0.39, 0.29) is 11.7 Å². The number of benzene rings is 4. The van der Waals surface area contributed by atoms with Gasteiger partial charge in [0.15, 0.2) is 11.0 Å². The Kier molecular flexibility index (Phi) is 6.68. The van der Waals surface area contributed by atoms with Crippen molar-refractivity contribution in [2.24, 2.45) is 0 Å². The molecule has 1 N–H and O–H groups in total. The van der Waals surface area contributed by atoms with Crippen molar-refractivity contribution < 1.29 is 9.53 Å². The molecule has 0 unspecified atom stereocenters. The summed E-state index contributed by atoms with van der Waals surface area (Å²) in [6.07, 6.45) is 0. The highest BCUT2D eigenvalue weighted by molar-refractivity contribution is 7.99. The highest BCUT2D eigenvalue weighted by Crippen LogP contribution is 2.28. The predicted molar refractivity (Wildman–Crippen MR) is 142 cm³/mol. The molecule has 6 nitrogen and oxygen atoms in total. The molecule has 4 aromatic carbocycles. The van der Waals surface area contributed by atoms with E-state index in [0.29, 0.717) is 18.3 Å². The Bertz CT molecular complexity index is 1510. The third-order valence-corrected chi connectivity index (χ3v) is 6.95. The standard InChI is InChI=1S/C28H26N4O2S/c1-3-32-26(17-34-25-15-13-21-9-6-7-11-24(21)19(25)2)30-31-28(32)35-18-27(33)29-23-14-12-20-8-4-5-10-22(20)16-23/h4-16H,3,17-18H2,1-2H3,(H,29,33). The van der Waals surface area contributed by atoms with E-state index in [9.17, 15) is 4.79 Å². The van der Waals surface area contributed by atoms with Crippen molar-refractivity contribution in [2.45, 2.75) is 32.2 Å². The molecule has 5 aromatic rings. The van der Waals surface area contributed by atoms with E-state index >= 15 is 0 Å². The second kappa shape index (κ2) is 10.2. The first-order chi connectivity index (χ1) is 17.1. The molecular weight excluding hydrogens is 456 g/mol. The first-order valence-corrected chi connectivity index (χ1v) is 12.6. The van der Waals surface area contributed by atoms with Crippen LogP contribution in [-0.2, 0) is 17.9 Å². The summed E-state index contributed by atoms with van der Waals surface area (Å²) in [4.78, 5) is 12.6. The molecule has 35 heavy (non-hydrogen) atoms. The molecule has 5 rings (SSSR count). The summed E-state index contributed by atoms with van der Waals surface area (Å²) in [5, 5.41) is 16.9. The van der Waals surface area contributed by atoms with Crippen LogP contribution in [0.5, 0.6) is 5.75 Å². The second-order valence-electron chi connectivity index (χ2n) is 8.24. The number of hydrogen-bond donors (Lipinski definition) is 1. The lowest BCUT2D eigenvalue weighted by Crippen LogP contribution is -2.15. The number of aromatic nitrogens is 3. The van der Waals surface area contributed by atoms with Gasteiger partial charge in [-0.3, -0.25) is 4.79 Å². The van der Waals surface area contributed by atoms with E-state index in [0.717, 1.165) is 33.6 Å². The van der Waals surface area contributed by atoms with Crippen LogP contribution in [0, 0.1) is 6.92 Å². The number of fused-ring (bicyclic) bond motifs is 2. The number of rotatable bonds is 8. The van der Waals surface area contributed by atoms with Gasteiger partial charge >= 0.3 is 0 Å². The minimum atomic E-state index is -0.0828. The summed E-state index contributed by atoms with van der Waals surface area (Å²) >= 11 is 1.37. The Labute approximate surface area is 208 Å². The van der Waals surface area contributed by atoms with Gasteiger partial charge in [-0.25, -0.2) is 0 Å². The van der Waals surface area contributed by atoms with E-state index in [2.05, 4.69) is 46.7 Å². The Hall–Kier alpha value is -3.84. The van der Waals surface area contributed by atoms with Crippen LogP contribution >= 0.6 is 11.8 Å². The second-order valence-corrected chi connectivity index (χ2v) is 9.18. The third kappa shape index (κ3) is 5.00. The molecule has 0 aliphatic carbocycles. The topological polar surface area (TPSA) is 69.0 Å². The minimum Gasteiger partial charge on any atom is -0.485 e. The van der Waals surface area contributed by atoms with E-state index in [4.69, 9.17) is 4.74 Å². The van der Waals surface area contributed by atoms with E-state index in [1.165, 1.54) is 22.5 Å². The number of anilines is 1. The van der Waals surface area contributed by atoms with Gasteiger partial charge in [-0.05, 0) is 59.2 Å². The van der Waals surface area contributed by atoms with Crippen molar-refractivity contribution in [2.75, 3.05) is 11.1 Å². The largest absolute Gasteiger partial charge is 0.485 e. The number of ether oxygens (including phenoxy) is 1. The third-order valence-electron chi connectivity index (χ3n) is 5.98. The molecule has 0 saturated carbocycles. The van der Waals surface area contributed by atoms with Crippen LogP contribution in [0.3, 0.4) is 0 Å². The zero-order chi connectivity index (χ0) is 24.2. The van der Waals surface area contributed by atoms with Gasteiger partial charge in [-0.1, -0.05) is 72.4 Å². The van der Waals surface area contributed by atoms with Crippen molar-refractivity contribution >= 4 is 44.9 Å². The average Bonchev–Trinajstić information content (AvgIpc) is 3.29. The molecule has 0 aliphatic rings. The summed E-state index contributed by atoms with van der Waals surface area (Å²) in [5.41, 5.74) is 1.89. The smallest absolute Gasteiger partial charge is 0.234 e. The number of hydrogen-bond acceptors (Lipinski definition) is 5. The van der Waals surface area contributed by atoms with Gasteiger partial charge < -0.3 is 14.6 Å². The van der Waals surface area contributed by atoms with Gasteiger partial charge in [-0.15, -0.1) is 10.2 Å². The molecular formula is C28H26N4O2S. The zero-order valence-electron chi connectivity index (χ0n) is 19.7. The lowest BCUT2D eigenvalue weighted by molar-refractivity contribution is -0.113. The van der Waals surface area contributed by atoms with Crippen molar-refractivity contribution in [3.63, 3.8) is 0 Å². The van der Waals surface area contributed by atoms with E-state index in [1.807, 2.05) is 66.1 Å². The maximum atomic E-state index is 12.6. The molecule has 0 radical (unpaired) electrons. The quantitative estimate of drug-likeness (QED) is 0.266. The fourth-order valence-corrected chi connectivity index (χ4v) is 4.97. The van der Waals surface area contributed by atoms with Crippen LogP contribution in [-0.4, -0.2) is 26.4 Å². The summed E-state index contributed by atoms with van der Waals surface area (Å²) < 4.78 is 8.11. The van der Waals surface area contributed by atoms with Crippen LogP contribution < -0.4 is 10.1 Å². The summed E-state index contributed by atoms with van der Waals surface area (Å²) in [7, 11) is 0. The minimum absolute atomic E-state index is 0.0828. The monoisotopic (exact) mass is 482 g/mol. The zero-order valence-corrected chi connectivity index (χ0v) is 20.5. The molecule has 176 valence electrons. The molecule has 0 spiro atoms. The lowest BCUT2D eigenvalue weighted by Gasteiger charge is -2.12. The number of aryl methyl sites for hydroxylation is 1. The van der Waals surface area contributed by atoms with Gasteiger partial charge in [0.05, 0.1) is 5.75 Å². The maximum absolute atomic E-state index is 12.6. The molecule has 0 aliphatic heterocycles. The highest BCUT2D eigenvalue weighted by atomic mass is 32.2. The Morgan fingerprint density at radius 3 is 2.51 bits per heavy atom. The van der Waals surface area contributed by atoms with Crippen LogP contribution in [0.15, 0.2) is 84.0 Å². The van der Waals surface area contributed by atoms with E-state index < -0.39 is 0 Å². The van der Waals surface area contributed by atoms with Gasteiger partial charge in [0.2, 0.25) is 5.91 Å². The fourth-order valence-electron chi connectivity index (χ4n) is 4.15. The Morgan fingerprint density at radius 2 is 1.69 bits per heavy atom. The maximum Gasteiger partial charge on any atom is 0.234 e. The number of nitrogens with zero attached hydrogens (tertiary/aromatic N) is 3. The van der Waals surface area contributed by atoms with Crippen molar-refractivity contribution in [3.05, 3.63) is 90.3 Å². The number of nitrogens with one attached hydrogen (secondary N) is 1. The summed E-state index contributed by atoms with van der Waals surface area (Å²) in [5.74, 6) is 1.73. The first-order valence-electron chi connectivity index (χ1n) is 11.6. The molecule has 0 saturated heterocycles. The Morgan fingerprint density at radius 1 is 0.943 bits per heavy atom. The Balaban J connectivity index is 1.22. The van der Waals surface area contributed by atoms with Gasteiger partial charge in [0, 0.05) is 12.2 Å². The molecule has 1 aromatic heterocycles. The van der Waals surface area contributed by atoms with Crippen LogP contribution in [0.2, 0.25) is 0 Å². The predicted octanol–water partition coefficient (Wildman–Crippen LogP) is 6.22. The van der Waals surface area contributed by atoms with Gasteiger partial charge in [0.1, 0.15) is 12.4 Å². The SMILES string of the molecule is CCn1c(COc2ccc3ccccc3c2C)nnc1SCC(=O)Nc1ccc2ccccc2c1. The van der Waals surface area contributed by atoms with Crippen molar-refractivity contribution in [1.29, 1.82) is 0 Å². The molecule has 1 amide bonds. The number of thioether (sulfide) groups is 1. The summed E-state index contributed by atoms with van der Waals surface area (Å²) in [6, 6.07) is 26.3. The number of carbonyl (C=O) groups is 1. The molecule has 7 heteroatoms.